The van der Waals surface area contributed by atoms with Crippen LogP contribution in [0.1, 0.15) is 0 Å². The van der Waals surface area contributed by atoms with Crippen LogP contribution < -0.4 is 10.6 Å². The van der Waals surface area contributed by atoms with Crippen molar-refractivity contribution in [2.75, 3.05) is 24.7 Å². The minimum Gasteiger partial charge on any atom is -0.382 e. The first-order valence-corrected chi connectivity index (χ1v) is 5.65. The largest absolute Gasteiger partial charge is 0.382 e. The van der Waals surface area contributed by atoms with Crippen molar-refractivity contribution >= 4 is 27.4 Å². The van der Waals surface area contributed by atoms with Gasteiger partial charge in [0.2, 0.25) is 0 Å². The molecule has 0 saturated heterocycles. The van der Waals surface area contributed by atoms with Crippen molar-refractivity contribution in [1.82, 2.24) is 10.2 Å². The van der Waals surface area contributed by atoms with E-state index in [-0.39, 0.29) is 0 Å². The Kier molecular flexibility index (Phi) is 2.87. The van der Waals surface area contributed by atoms with Crippen molar-refractivity contribution in [3.8, 4) is 11.3 Å². The number of H-pyrrole nitrogens is 1. The number of nitrogens with two attached hydrogens (primary N) is 1. The first-order chi connectivity index (χ1) is 7.58. The summed E-state index contributed by atoms with van der Waals surface area (Å²) in [6, 6.07) is 7.94. The number of aromatic amines is 1. The normalized spacial score (nSPS) is 10.4. The Bertz CT molecular complexity index is 504. The van der Waals surface area contributed by atoms with Crippen LogP contribution in [0.15, 0.2) is 28.7 Å². The molecule has 2 aromatic rings. The van der Waals surface area contributed by atoms with Crippen molar-refractivity contribution in [2.45, 2.75) is 0 Å². The quantitative estimate of drug-likeness (QED) is 0.889. The molecule has 0 radical (unpaired) electrons. The van der Waals surface area contributed by atoms with Gasteiger partial charge in [0.1, 0.15) is 5.82 Å². The van der Waals surface area contributed by atoms with Gasteiger partial charge in [0.25, 0.3) is 0 Å². The summed E-state index contributed by atoms with van der Waals surface area (Å²) in [7, 11) is 4.01. The van der Waals surface area contributed by atoms with E-state index in [2.05, 4.69) is 32.2 Å². The highest BCUT2D eigenvalue weighted by Gasteiger charge is 2.06. The van der Waals surface area contributed by atoms with Gasteiger partial charge >= 0.3 is 0 Å². The molecular weight excluding hydrogens is 268 g/mol. The maximum Gasteiger partial charge on any atom is 0.145 e. The third kappa shape index (κ3) is 2.04. The molecule has 0 atom stereocenters. The monoisotopic (exact) mass is 280 g/mol. The summed E-state index contributed by atoms with van der Waals surface area (Å²) in [5.41, 5.74) is 8.69. The Morgan fingerprint density at radius 3 is 2.62 bits per heavy atom. The van der Waals surface area contributed by atoms with Crippen LogP contribution in [0, 0.1) is 0 Å². The second kappa shape index (κ2) is 4.17. The van der Waals surface area contributed by atoms with E-state index in [0.717, 1.165) is 21.4 Å². The summed E-state index contributed by atoms with van der Waals surface area (Å²) in [6.45, 7) is 0. The maximum atomic E-state index is 5.58. The lowest BCUT2D eigenvalue weighted by molar-refractivity contribution is 1.10. The van der Waals surface area contributed by atoms with Crippen molar-refractivity contribution in [2.24, 2.45) is 0 Å². The minimum absolute atomic E-state index is 0.504. The number of nitrogens with one attached hydrogen (secondary N) is 1. The van der Waals surface area contributed by atoms with Gasteiger partial charge in [-0.2, -0.15) is 5.10 Å². The molecule has 84 valence electrons. The van der Waals surface area contributed by atoms with Crippen LogP contribution >= 0.6 is 15.9 Å². The van der Waals surface area contributed by atoms with E-state index in [1.165, 1.54) is 0 Å². The molecule has 0 saturated carbocycles. The first kappa shape index (κ1) is 11.0. The third-order valence-corrected chi connectivity index (χ3v) is 3.01. The lowest BCUT2D eigenvalue weighted by Crippen LogP contribution is -2.09. The molecule has 16 heavy (non-hydrogen) atoms. The summed E-state index contributed by atoms with van der Waals surface area (Å²) < 4.78 is 1.06. The molecule has 4 nitrogen and oxygen atoms in total. The molecule has 1 aromatic carbocycles. The molecule has 0 aliphatic heterocycles. The third-order valence-electron chi connectivity index (χ3n) is 2.34. The van der Waals surface area contributed by atoms with Crippen LogP contribution in [0.2, 0.25) is 0 Å². The van der Waals surface area contributed by atoms with Crippen LogP contribution in [0.25, 0.3) is 11.3 Å². The number of rotatable bonds is 2. The van der Waals surface area contributed by atoms with Crippen LogP contribution in [-0.4, -0.2) is 24.3 Å². The molecule has 0 spiro atoms. The predicted octanol–water partition coefficient (Wildman–Crippen LogP) is 2.49. The molecular formula is C11H13BrN4. The zero-order valence-electron chi connectivity index (χ0n) is 9.16. The van der Waals surface area contributed by atoms with Gasteiger partial charge in [-0.3, -0.25) is 5.10 Å². The molecule has 1 aromatic heterocycles. The summed E-state index contributed by atoms with van der Waals surface area (Å²) >= 11 is 3.52. The Morgan fingerprint density at radius 2 is 2.06 bits per heavy atom. The topological polar surface area (TPSA) is 57.9 Å². The number of anilines is 2. The summed E-state index contributed by atoms with van der Waals surface area (Å²) in [6.07, 6.45) is 0. The van der Waals surface area contributed by atoms with Crippen LogP contribution in [-0.2, 0) is 0 Å². The zero-order valence-corrected chi connectivity index (χ0v) is 10.7. The molecule has 1 heterocycles. The van der Waals surface area contributed by atoms with Gasteiger partial charge in [-0.15, -0.1) is 0 Å². The number of halogens is 1. The van der Waals surface area contributed by atoms with Crippen LogP contribution in [0.3, 0.4) is 0 Å². The second-order valence-electron chi connectivity index (χ2n) is 3.77. The van der Waals surface area contributed by atoms with Crippen LogP contribution in [0.4, 0.5) is 11.5 Å². The average Bonchev–Trinajstić information content (AvgIpc) is 2.65. The fourth-order valence-corrected chi connectivity index (χ4v) is 2.11. The van der Waals surface area contributed by atoms with E-state index < -0.39 is 0 Å². The van der Waals surface area contributed by atoms with E-state index >= 15 is 0 Å². The Morgan fingerprint density at radius 1 is 1.31 bits per heavy atom. The number of nitrogens with zero attached hydrogens (tertiary/aromatic N) is 2. The van der Waals surface area contributed by atoms with Crippen molar-refractivity contribution < 1.29 is 0 Å². The highest BCUT2D eigenvalue weighted by molar-refractivity contribution is 9.10. The van der Waals surface area contributed by atoms with Gasteiger partial charge < -0.3 is 10.6 Å². The molecule has 0 amide bonds. The predicted molar refractivity (Wildman–Crippen MR) is 70.5 cm³/mol. The van der Waals surface area contributed by atoms with Gasteiger partial charge in [-0.05, 0) is 28.1 Å². The summed E-state index contributed by atoms with van der Waals surface area (Å²) in [5, 5.41) is 6.82. The molecule has 3 N–H and O–H groups in total. The number of aromatic nitrogens is 2. The standard InChI is InChI=1S/C11H13BrN4/c1-16(2)10-5-7(3-4-8(10)12)9-6-11(13)15-14-9/h3-6H,1-2H3,(H3,13,14,15). The zero-order chi connectivity index (χ0) is 11.7. The van der Waals surface area contributed by atoms with E-state index in [1.807, 2.05) is 37.2 Å². The van der Waals surface area contributed by atoms with Crippen molar-refractivity contribution in [3.05, 3.63) is 28.7 Å². The van der Waals surface area contributed by atoms with Crippen molar-refractivity contribution in [3.63, 3.8) is 0 Å². The summed E-state index contributed by atoms with van der Waals surface area (Å²) in [5.74, 6) is 0.504. The Balaban J connectivity index is 2.47. The van der Waals surface area contributed by atoms with Crippen molar-refractivity contribution in [1.29, 1.82) is 0 Å². The SMILES string of the molecule is CN(C)c1cc(-c2cc(N)n[nH]2)ccc1Br. The maximum absolute atomic E-state index is 5.58. The molecule has 5 heteroatoms. The molecule has 2 rings (SSSR count). The molecule has 0 bridgehead atoms. The lowest BCUT2D eigenvalue weighted by atomic mass is 10.1. The fraction of sp³-hybridized carbons (Fsp3) is 0.182. The van der Waals surface area contributed by atoms with E-state index in [0.29, 0.717) is 5.82 Å². The fourth-order valence-electron chi connectivity index (χ4n) is 1.51. The van der Waals surface area contributed by atoms with Gasteiger partial charge in [-0.25, -0.2) is 0 Å². The molecule has 0 aliphatic rings. The van der Waals surface area contributed by atoms with Gasteiger partial charge in [0.15, 0.2) is 0 Å². The Hall–Kier alpha value is -1.49. The number of hydrogen-bond donors (Lipinski definition) is 2. The summed E-state index contributed by atoms with van der Waals surface area (Å²) in [4.78, 5) is 2.05. The highest BCUT2D eigenvalue weighted by atomic mass is 79.9. The smallest absolute Gasteiger partial charge is 0.145 e. The first-order valence-electron chi connectivity index (χ1n) is 4.86. The lowest BCUT2D eigenvalue weighted by Gasteiger charge is -2.15. The molecule has 0 fully saturated rings. The van der Waals surface area contributed by atoms with E-state index in [1.54, 1.807) is 0 Å². The Labute approximate surface area is 103 Å². The van der Waals surface area contributed by atoms with Gasteiger partial charge in [-0.1, -0.05) is 6.07 Å². The van der Waals surface area contributed by atoms with E-state index in [4.69, 9.17) is 5.73 Å². The number of nitrogen functional groups attached to an aromatic ring is 1. The molecule has 0 unspecified atom stereocenters. The van der Waals surface area contributed by atoms with Gasteiger partial charge in [0, 0.05) is 30.2 Å². The second-order valence-corrected chi connectivity index (χ2v) is 4.62. The minimum atomic E-state index is 0.504. The van der Waals surface area contributed by atoms with Crippen LogP contribution in [0.5, 0.6) is 0 Å². The highest BCUT2D eigenvalue weighted by Crippen LogP contribution is 2.30. The number of hydrogen-bond acceptors (Lipinski definition) is 3. The average molecular weight is 281 g/mol. The van der Waals surface area contributed by atoms with E-state index in [9.17, 15) is 0 Å². The molecule has 0 aliphatic carbocycles. The number of benzene rings is 1. The van der Waals surface area contributed by atoms with Gasteiger partial charge in [0.05, 0.1) is 11.4 Å².